The number of carboxylic acid groups (broad SMARTS) is 1. The third-order valence-electron chi connectivity index (χ3n) is 1.64. The van der Waals surface area contributed by atoms with Crippen LogP contribution in [0, 0.1) is 0 Å². The fraction of sp³-hybridized carbons (Fsp3) is 0.857. The molecule has 0 aliphatic heterocycles. The summed E-state index contributed by atoms with van der Waals surface area (Å²) in [5.74, 6) is -4.58. The van der Waals surface area contributed by atoms with Crippen LogP contribution in [0.2, 0.25) is 0 Å². The summed E-state index contributed by atoms with van der Waals surface area (Å²) in [6.07, 6.45) is 0.749. The molecule has 1 fully saturated rings. The van der Waals surface area contributed by atoms with Gasteiger partial charge in [-0.1, -0.05) is 0 Å². The average molecular weight is 179 g/mol. The zero-order valence-electron chi connectivity index (χ0n) is 6.52. The van der Waals surface area contributed by atoms with Crippen LogP contribution in [-0.2, 0) is 4.79 Å². The lowest BCUT2D eigenvalue weighted by atomic mass is 10.2. The predicted octanol–water partition coefficient (Wildman–Crippen LogP) is 0.848. The molecule has 0 aromatic heterocycles. The van der Waals surface area contributed by atoms with Crippen molar-refractivity contribution in [3.8, 4) is 0 Å². The molecule has 0 radical (unpaired) electrons. The summed E-state index contributed by atoms with van der Waals surface area (Å²) < 4.78 is 25.2. The molecule has 2 N–H and O–H groups in total. The van der Waals surface area contributed by atoms with Crippen LogP contribution in [-0.4, -0.2) is 29.6 Å². The smallest absolute Gasteiger partial charge is 0.309 e. The van der Waals surface area contributed by atoms with Crippen molar-refractivity contribution in [2.45, 2.75) is 31.2 Å². The molecule has 0 aromatic carbocycles. The quantitative estimate of drug-likeness (QED) is 0.657. The van der Waals surface area contributed by atoms with E-state index in [0.717, 1.165) is 12.8 Å². The highest BCUT2D eigenvalue weighted by Crippen LogP contribution is 2.22. The minimum Gasteiger partial charge on any atom is -0.481 e. The van der Waals surface area contributed by atoms with Crippen LogP contribution in [0.4, 0.5) is 8.78 Å². The van der Waals surface area contributed by atoms with Gasteiger partial charge >= 0.3 is 5.97 Å². The summed E-state index contributed by atoms with van der Waals surface area (Å²) in [7, 11) is 0. The van der Waals surface area contributed by atoms with E-state index < -0.39 is 24.9 Å². The van der Waals surface area contributed by atoms with Gasteiger partial charge < -0.3 is 10.4 Å². The molecule has 1 rings (SSSR count). The molecule has 0 amide bonds. The Morgan fingerprint density at radius 1 is 1.58 bits per heavy atom. The lowest BCUT2D eigenvalue weighted by Crippen LogP contribution is -2.35. The van der Waals surface area contributed by atoms with E-state index in [1.165, 1.54) is 0 Å². The fourth-order valence-corrected chi connectivity index (χ4v) is 0.865. The maximum atomic E-state index is 12.6. The standard InChI is InChI=1S/C7H11F2NO2/c8-7(9,3-6(11)12)4-10-5-1-2-5/h5,10H,1-4H2,(H,11,12). The molecule has 0 bridgehead atoms. The summed E-state index contributed by atoms with van der Waals surface area (Å²) in [5.41, 5.74) is 0. The largest absolute Gasteiger partial charge is 0.481 e. The highest BCUT2D eigenvalue weighted by molar-refractivity contribution is 5.67. The molecule has 0 spiro atoms. The second kappa shape index (κ2) is 3.35. The van der Waals surface area contributed by atoms with E-state index in [9.17, 15) is 13.6 Å². The van der Waals surface area contributed by atoms with E-state index in [1.807, 2.05) is 0 Å². The van der Waals surface area contributed by atoms with Crippen LogP contribution in [0.25, 0.3) is 0 Å². The Hall–Kier alpha value is -0.710. The Kier molecular flexibility index (Phi) is 2.62. The van der Waals surface area contributed by atoms with Crippen LogP contribution in [0.5, 0.6) is 0 Å². The van der Waals surface area contributed by atoms with E-state index in [0.29, 0.717) is 0 Å². The summed E-state index contributed by atoms with van der Waals surface area (Å²) >= 11 is 0. The van der Waals surface area contributed by atoms with Crippen LogP contribution in [0.1, 0.15) is 19.3 Å². The summed E-state index contributed by atoms with van der Waals surface area (Å²) in [5, 5.41) is 10.7. The van der Waals surface area contributed by atoms with E-state index >= 15 is 0 Å². The Morgan fingerprint density at radius 3 is 2.58 bits per heavy atom. The Labute approximate surface area is 68.8 Å². The minimum absolute atomic E-state index is 0.185. The summed E-state index contributed by atoms with van der Waals surface area (Å²) in [6, 6.07) is 0.185. The average Bonchev–Trinajstić information content (AvgIpc) is 2.62. The zero-order chi connectivity index (χ0) is 9.19. The lowest BCUT2D eigenvalue weighted by molar-refractivity contribution is -0.144. The first-order valence-corrected chi connectivity index (χ1v) is 3.83. The number of aliphatic carboxylic acids is 1. The number of nitrogens with one attached hydrogen (secondary N) is 1. The highest BCUT2D eigenvalue weighted by atomic mass is 19.3. The van der Waals surface area contributed by atoms with Gasteiger partial charge in [0.1, 0.15) is 6.42 Å². The number of carboxylic acids is 1. The molecule has 0 heterocycles. The van der Waals surface area contributed by atoms with Gasteiger partial charge in [-0.2, -0.15) is 0 Å². The first kappa shape index (κ1) is 9.38. The monoisotopic (exact) mass is 179 g/mol. The van der Waals surface area contributed by atoms with Crippen LogP contribution in [0.15, 0.2) is 0 Å². The highest BCUT2D eigenvalue weighted by Gasteiger charge is 2.34. The summed E-state index contributed by atoms with van der Waals surface area (Å²) in [4.78, 5) is 9.97. The molecule has 0 saturated heterocycles. The van der Waals surface area contributed by atoms with Crippen LogP contribution < -0.4 is 5.32 Å². The molecule has 0 unspecified atom stereocenters. The Bertz CT molecular complexity index is 180. The Morgan fingerprint density at radius 2 is 2.17 bits per heavy atom. The number of carbonyl (C=O) groups is 1. The van der Waals surface area contributed by atoms with Gasteiger partial charge in [0.2, 0.25) is 0 Å². The van der Waals surface area contributed by atoms with Crippen molar-refractivity contribution in [3.63, 3.8) is 0 Å². The van der Waals surface area contributed by atoms with E-state index in [-0.39, 0.29) is 6.04 Å². The van der Waals surface area contributed by atoms with Gasteiger partial charge in [0.05, 0.1) is 6.54 Å². The maximum absolute atomic E-state index is 12.6. The number of halogens is 2. The normalized spacial score (nSPS) is 17.8. The van der Waals surface area contributed by atoms with Gasteiger partial charge in [-0.05, 0) is 12.8 Å². The SMILES string of the molecule is O=C(O)CC(F)(F)CNC1CC1. The lowest BCUT2D eigenvalue weighted by Gasteiger charge is -2.13. The van der Waals surface area contributed by atoms with Gasteiger partial charge in [0, 0.05) is 6.04 Å². The Balaban J connectivity index is 2.20. The topological polar surface area (TPSA) is 49.3 Å². The molecule has 0 aromatic rings. The summed E-state index contributed by atoms with van der Waals surface area (Å²) in [6.45, 7) is -0.524. The molecular formula is C7H11F2NO2. The number of hydrogen-bond acceptors (Lipinski definition) is 2. The maximum Gasteiger partial charge on any atom is 0.309 e. The van der Waals surface area contributed by atoms with Gasteiger partial charge in [-0.3, -0.25) is 4.79 Å². The molecule has 1 saturated carbocycles. The zero-order valence-corrected chi connectivity index (χ0v) is 6.52. The number of alkyl halides is 2. The van der Waals surface area contributed by atoms with Gasteiger partial charge in [0.25, 0.3) is 5.92 Å². The van der Waals surface area contributed by atoms with Crippen molar-refractivity contribution in [1.29, 1.82) is 0 Å². The third kappa shape index (κ3) is 3.61. The van der Waals surface area contributed by atoms with E-state index in [1.54, 1.807) is 0 Å². The van der Waals surface area contributed by atoms with Crippen molar-refractivity contribution in [2.24, 2.45) is 0 Å². The van der Waals surface area contributed by atoms with E-state index in [4.69, 9.17) is 5.11 Å². The molecule has 70 valence electrons. The van der Waals surface area contributed by atoms with Crippen LogP contribution in [0.3, 0.4) is 0 Å². The molecule has 1 aliphatic carbocycles. The van der Waals surface area contributed by atoms with Crippen molar-refractivity contribution in [1.82, 2.24) is 5.32 Å². The second-order valence-corrected chi connectivity index (χ2v) is 3.08. The van der Waals surface area contributed by atoms with Gasteiger partial charge in [0.15, 0.2) is 0 Å². The predicted molar refractivity (Wildman–Crippen MR) is 38.2 cm³/mol. The van der Waals surface area contributed by atoms with Crippen molar-refractivity contribution >= 4 is 5.97 Å². The van der Waals surface area contributed by atoms with Gasteiger partial charge in [-0.25, -0.2) is 8.78 Å². The third-order valence-corrected chi connectivity index (χ3v) is 1.64. The first-order valence-electron chi connectivity index (χ1n) is 3.83. The van der Waals surface area contributed by atoms with Crippen molar-refractivity contribution in [2.75, 3.05) is 6.54 Å². The molecule has 12 heavy (non-hydrogen) atoms. The van der Waals surface area contributed by atoms with E-state index in [2.05, 4.69) is 5.32 Å². The molecular weight excluding hydrogens is 168 g/mol. The molecule has 0 atom stereocenters. The second-order valence-electron chi connectivity index (χ2n) is 3.08. The van der Waals surface area contributed by atoms with Gasteiger partial charge in [-0.15, -0.1) is 0 Å². The number of hydrogen-bond donors (Lipinski definition) is 2. The first-order chi connectivity index (χ1) is 5.49. The molecule has 1 aliphatic rings. The molecule has 3 nitrogen and oxygen atoms in total. The van der Waals surface area contributed by atoms with Crippen molar-refractivity contribution in [3.05, 3.63) is 0 Å². The van der Waals surface area contributed by atoms with Crippen molar-refractivity contribution < 1.29 is 18.7 Å². The minimum atomic E-state index is -3.12. The van der Waals surface area contributed by atoms with Crippen LogP contribution >= 0.6 is 0 Å². The molecule has 5 heteroatoms. The fourth-order valence-electron chi connectivity index (χ4n) is 0.865. The number of rotatable bonds is 5.